The lowest BCUT2D eigenvalue weighted by molar-refractivity contribution is 0.0941. The molecule has 6 rings (SSSR count). The van der Waals surface area contributed by atoms with Gasteiger partial charge < -0.3 is 5.32 Å². The Balaban J connectivity index is 1.43. The molecule has 3 aromatic heterocycles. The van der Waals surface area contributed by atoms with Crippen LogP contribution in [0.3, 0.4) is 0 Å². The van der Waals surface area contributed by atoms with Crippen molar-refractivity contribution >= 4 is 38.4 Å². The van der Waals surface area contributed by atoms with Crippen LogP contribution in [0.15, 0.2) is 77.9 Å². The van der Waals surface area contributed by atoms with Crippen molar-refractivity contribution in [3.63, 3.8) is 0 Å². The molecule has 1 saturated carbocycles. The number of hydrogen-bond acceptors (Lipinski definition) is 6. The van der Waals surface area contributed by atoms with Crippen molar-refractivity contribution < 1.29 is 13.2 Å². The van der Waals surface area contributed by atoms with Gasteiger partial charge in [0.15, 0.2) is 11.5 Å². The van der Waals surface area contributed by atoms with E-state index in [1.165, 1.54) is 15.3 Å². The van der Waals surface area contributed by atoms with Crippen molar-refractivity contribution in [1.29, 1.82) is 0 Å². The molecule has 1 unspecified atom stereocenters. The van der Waals surface area contributed by atoms with E-state index in [9.17, 15) is 18.0 Å². The Morgan fingerprint density at radius 2 is 1.90 bits per heavy atom. The fraction of sp³-hybridized carbons (Fsp3) is 0.172. The number of hydrogen-bond donors (Lipinski definition) is 3. The molecule has 1 fully saturated rings. The highest BCUT2D eigenvalue weighted by Gasteiger charge is 2.30. The van der Waals surface area contributed by atoms with E-state index < -0.39 is 22.2 Å². The summed E-state index contributed by atoms with van der Waals surface area (Å²) in [7, 11) is -3.98. The van der Waals surface area contributed by atoms with Crippen LogP contribution in [0.1, 0.15) is 47.4 Å². The molecule has 3 heterocycles. The Labute approximate surface area is 235 Å². The first kappa shape index (κ1) is 26.2. The third-order valence-electron chi connectivity index (χ3n) is 6.79. The summed E-state index contributed by atoms with van der Waals surface area (Å²) >= 11 is 0. The minimum absolute atomic E-state index is 0.0531. The van der Waals surface area contributed by atoms with Gasteiger partial charge in [-0.2, -0.15) is 13.1 Å². The molecule has 206 valence electrons. The Bertz CT molecular complexity index is 2020. The smallest absolute Gasteiger partial charge is 0.300 e. The number of benzene rings is 2. The minimum atomic E-state index is -3.98. The highest BCUT2D eigenvalue weighted by Crippen LogP contribution is 2.26. The van der Waals surface area contributed by atoms with E-state index in [0.717, 1.165) is 12.8 Å². The molecule has 1 amide bonds. The van der Waals surface area contributed by atoms with Gasteiger partial charge in [0.2, 0.25) is 0 Å². The van der Waals surface area contributed by atoms with E-state index in [1.54, 1.807) is 49.5 Å². The zero-order valence-electron chi connectivity index (χ0n) is 21.9. The summed E-state index contributed by atoms with van der Waals surface area (Å²) in [5, 5.41) is 8.19. The zero-order valence-corrected chi connectivity index (χ0v) is 22.7. The summed E-state index contributed by atoms with van der Waals surface area (Å²) in [5.74, 6) is 1.79. The monoisotopic (exact) mass is 567 g/mol. The average Bonchev–Trinajstić information content (AvgIpc) is 3.69. The first-order valence-electron chi connectivity index (χ1n) is 12.9. The van der Waals surface area contributed by atoms with Gasteiger partial charge >= 0.3 is 10.2 Å². The molecular weight excluding hydrogens is 542 g/mol. The molecule has 12 heteroatoms. The SMILES string of the molecule is C#Cc1cccc2cc(C(C)NC(=O)c3c(NS(=O)(=O)NC4CC4)nn4cccnc34)n(-c3ccccc3)c(=O)c12. The summed E-state index contributed by atoms with van der Waals surface area (Å²) in [6.07, 6.45) is 10.2. The van der Waals surface area contributed by atoms with E-state index in [0.29, 0.717) is 27.7 Å². The van der Waals surface area contributed by atoms with Gasteiger partial charge in [0.25, 0.3) is 11.5 Å². The molecule has 5 aromatic rings. The van der Waals surface area contributed by atoms with E-state index in [1.807, 2.05) is 24.3 Å². The van der Waals surface area contributed by atoms with E-state index in [4.69, 9.17) is 6.42 Å². The molecule has 2 aromatic carbocycles. The van der Waals surface area contributed by atoms with Gasteiger partial charge in [0.1, 0.15) is 5.56 Å². The number of nitrogens with zero attached hydrogens (tertiary/aromatic N) is 4. The van der Waals surface area contributed by atoms with Crippen molar-refractivity contribution in [3.8, 4) is 18.0 Å². The van der Waals surface area contributed by atoms with Crippen LogP contribution in [-0.4, -0.2) is 39.5 Å². The molecule has 0 aliphatic heterocycles. The fourth-order valence-electron chi connectivity index (χ4n) is 4.75. The summed E-state index contributed by atoms with van der Waals surface area (Å²) in [4.78, 5) is 31.9. The van der Waals surface area contributed by atoms with Gasteiger partial charge in [-0.05, 0) is 55.5 Å². The first-order chi connectivity index (χ1) is 19.8. The van der Waals surface area contributed by atoms with E-state index in [-0.39, 0.29) is 28.6 Å². The number of aromatic nitrogens is 4. The maximum absolute atomic E-state index is 13.9. The first-order valence-corrected chi connectivity index (χ1v) is 14.4. The average molecular weight is 568 g/mol. The molecule has 0 bridgehead atoms. The number of anilines is 1. The molecule has 11 nitrogen and oxygen atoms in total. The fourth-order valence-corrected chi connectivity index (χ4v) is 5.88. The molecule has 0 saturated heterocycles. The normalized spacial score (nSPS) is 14.0. The Morgan fingerprint density at radius 1 is 1.12 bits per heavy atom. The van der Waals surface area contributed by atoms with Crippen LogP contribution in [0.5, 0.6) is 0 Å². The number of carbonyl (C=O) groups excluding carboxylic acids is 1. The van der Waals surface area contributed by atoms with Gasteiger partial charge in [-0.3, -0.25) is 18.9 Å². The van der Waals surface area contributed by atoms with Crippen LogP contribution in [0.2, 0.25) is 0 Å². The topological polar surface area (TPSA) is 139 Å². The van der Waals surface area contributed by atoms with Gasteiger partial charge in [0.05, 0.1) is 11.4 Å². The second kappa shape index (κ2) is 10.2. The van der Waals surface area contributed by atoms with Crippen LogP contribution in [0.25, 0.3) is 22.1 Å². The summed E-state index contributed by atoms with van der Waals surface area (Å²) in [5.41, 5.74) is 1.35. The predicted molar refractivity (Wildman–Crippen MR) is 155 cm³/mol. The van der Waals surface area contributed by atoms with Crippen LogP contribution >= 0.6 is 0 Å². The van der Waals surface area contributed by atoms with Gasteiger partial charge in [0, 0.05) is 35.4 Å². The number of carbonyl (C=O) groups is 1. The minimum Gasteiger partial charge on any atom is -0.344 e. The van der Waals surface area contributed by atoms with E-state index >= 15 is 0 Å². The van der Waals surface area contributed by atoms with Crippen LogP contribution in [0.4, 0.5) is 5.82 Å². The number of amides is 1. The van der Waals surface area contributed by atoms with Gasteiger partial charge in [-0.25, -0.2) is 9.50 Å². The number of pyridine rings is 1. The Hall–Kier alpha value is -4.99. The van der Waals surface area contributed by atoms with E-state index in [2.05, 4.69) is 30.8 Å². The number of terminal acetylenes is 1. The Kier molecular flexibility index (Phi) is 6.53. The molecule has 1 atom stereocenters. The zero-order chi connectivity index (χ0) is 28.7. The van der Waals surface area contributed by atoms with Crippen LogP contribution < -0.4 is 20.3 Å². The van der Waals surface area contributed by atoms with Crippen molar-refractivity contribution in [3.05, 3.63) is 100 Å². The highest BCUT2D eigenvalue weighted by atomic mass is 32.2. The number of para-hydroxylation sites is 1. The number of nitrogens with one attached hydrogen (secondary N) is 3. The number of rotatable bonds is 8. The molecule has 1 aliphatic carbocycles. The third-order valence-corrected chi connectivity index (χ3v) is 7.89. The second-order valence-corrected chi connectivity index (χ2v) is 11.2. The maximum Gasteiger partial charge on any atom is 0.300 e. The van der Waals surface area contributed by atoms with Crippen molar-refractivity contribution in [1.82, 2.24) is 29.2 Å². The highest BCUT2D eigenvalue weighted by molar-refractivity contribution is 7.90. The Morgan fingerprint density at radius 3 is 2.63 bits per heavy atom. The van der Waals surface area contributed by atoms with Crippen LogP contribution in [-0.2, 0) is 10.2 Å². The quantitative estimate of drug-likeness (QED) is 0.247. The third kappa shape index (κ3) is 5.04. The molecule has 1 aliphatic rings. The molecule has 0 spiro atoms. The predicted octanol–water partition coefficient (Wildman–Crippen LogP) is 2.91. The summed E-state index contributed by atoms with van der Waals surface area (Å²) < 4.78 is 33.1. The summed E-state index contributed by atoms with van der Waals surface area (Å²) in [6, 6.07) is 16.9. The maximum atomic E-state index is 13.9. The second-order valence-electron chi connectivity index (χ2n) is 9.76. The van der Waals surface area contributed by atoms with Crippen LogP contribution in [0, 0.1) is 12.3 Å². The molecule has 0 radical (unpaired) electrons. The van der Waals surface area contributed by atoms with Gasteiger partial charge in [-0.15, -0.1) is 11.5 Å². The van der Waals surface area contributed by atoms with Crippen molar-refractivity contribution in [2.24, 2.45) is 0 Å². The van der Waals surface area contributed by atoms with Gasteiger partial charge in [-0.1, -0.05) is 36.3 Å². The lowest BCUT2D eigenvalue weighted by Crippen LogP contribution is -2.34. The molecule has 41 heavy (non-hydrogen) atoms. The lowest BCUT2D eigenvalue weighted by Gasteiger charge is -2.21. The lowest BCUT2D eigenvalue weighted by atomic mass is 10.0. The molecular formula is C29H25N7O4S. The largest absolute Gasteiger partial charge is 0.344 e. The van der Waals surface area contributed by atoms with Crippen molar-refractivity contribution in [2.75, 3.05) is 4.72 Å². The summed E-state index contributed by atoms with van der Waals surface area (Å²) in [6.45, 7) is 1.74. The standard InChI is InChI=1S/C29H25N7O4S/c1-3-19-9-7-10-20-17-23(36(29(38)24(19)20)22-11-5-4-6-12-22)18(2)31-28(37)25-26(32-35-16-8-15-30-27(25)35)34-41(39,40)33-21-13-14-21/h1,4-12,15-18,21,33H,13-14H2,2H3,(H,31,37)(H,32,34). The number of fused-ring (bicyclic) bond motifs is 2. The van der Waals surface area contributed by atoms with Crippen molar-refractivity contribution in [2.45, 2.75) is 31.8 Å². The molecule has 3 N–H and O–H groups in total.